The van der Waals surface area contributed by atoms with Crippen molar-refractivity contribution in [2.45, 2.75) is 12.8 Å². The van der Waals surface area contributed by atoms with Crippen LogP contribution in [0.5, 0.6) is 0 Å². The van der Waals surface area contributed by atoms with E-state index in [0.717, 1.165) is 0 Å². The molecule has 0 radical (unpaired) electrons. The van der Waals surface area contributed by atoms with Crippen molar-refractivity contribution in [3.05, 3.63) is 0 Å². The molecule has 0 saturated carbocycles. The van der Waals surface area contributed by atoms with E-state index in [9.17, 15) is 14.0 Å². The van der Waals surface area contributed by atoms with E-state index in [2.05, 4.69) is 9.47 Å². The number of alkyl halides is 1. The van der Waals surface area contributed by atoms with Gasteiger partial charge in [-0.1, -0.05) is 0 Å². The van der Waals surface area contributed by atoms with Crippen molar-refractivity contribution in [3.8, 4) is 0 Å². The largest absolute Gasteiger partial charge is 0.468 e. The van der Waals surface area contributed by atoms with E-state index in [1.165, 1.54) is 14.2 Å². The van der Waals surface area contributed by atoms with E-state index in [1.807, 2.05) is 0 Å². The number of ether oxygens (including phenoxy) is 2. The SMILES string of the molecule is COC(=O)C(CCCF)C(=O)OC. The Balaban J connectivity index is 4.18. The van der Waals surface area contributed by atoms with E-state index in [-0.39, 0.29) is 12.8 Å². The van der Waals surface area contributed by atoms with Gasteiger partial charge in [-0.15, -0.1) is 0 Å². The number of hydrogen-bond donors (Lipinski definition) is 0. The minimum atomic E-state index is -0.995. The third-order valence-electron chi connectivity index (χ3n) is 1.60. The Hall–Kier alpha value is -1.13. The summed E-state index contributed by atoms with van der Waals surface area (Å²) in [6, 6.07) is 0. The van der Waals surface area contributed by atoms with Gasteiger partial charge < -0.3 is 9.47 Å². The summed E-state index contributed by atoms with van der Waals surface area (Å²) >= 11 is 0. The number of carbonyl (C=O) groups excluding carboxylic acids is 2. The standard InChI is InChI=1S/C8H13FO4/c1-12-7(10)6(4-3-5-9)8(11)13-2/h6H,3-5H2,1-2H3. The van der Waals surface area contributed by atoms with Crippen LogP contribution in [0.25, 0.3) is 0 Å². The van der Waals surface area contributed by atoms with Crippen molar-refractivity contribution >= 4 is 11.9 Å². The number of carbonyl (C=O) groups is 2. The van der Waals surface area contributed by atoms with E-state index < -0.39 is 24.5 Å². The Morgan fingerprint density at radius 1 is 1.23 bits per heavy atom. The molecule has 0 N–H and O–H groups in total. The van der Waals surface area contributed by atoms with Crippen molar-refractivity contribution in [2.24, 2.45) is 5.92 Å². The second-order valence-electron chi connectivity index (χ2n) is 2.43. The van der Waals surface area contributed by atoms with E-state index in [1.54, 1.807) is 0 Å². The van der Waals surface area contributed by atoms with Crippen LogP contribution in [0.4, 0.5) is 4.39 Å². The van der Waals surface area contributed by atoms with Crippen LogP contribution in [0.3, 0.4) is 0 Å². The summed E-state index contributed by atoms with van der Waals surface area (Å²) in [7, 11) is 2.35. The molecule has 4 nitrogen and oxygen atoms in total. The summed E-state index contributed by atoms with van der Waals surface area (Å²) in [6.07, 6.45) is 0.269. The Morgan fingerprint density at radius 2 is 1.69 bits per heavy atom. The predicted molar refractivity (Wildman–Crippen MR) is 42.7 cm³/mol. The highest BCUT2D eigenvalue weighted by atomic mass is 19.1. The summed E-state index contributed by atoms with van der Waals surface area (Å²) in [4.78, 5) is 21.9. The summed E-state index contributed by atoms with van der Waals surface area (Å²) in [5.41, 5.74) is 0. The summed E-state index contributed by atoms with van der Waals surface area (Å²) in [5, 5.41) is 0. The monoisotopic (exact) mass is 192 g/mol. The van der Waals surface area contributed by atoms with Crippen LogP contribution in [0.2, 0.25) is 0 Å². The van der Waals surface area contributed by atoms with Gasteiger partial charge in [0.25, 0.3) is 0 Å². The molecule has 0 heterocycles. The highest BCUT2D eigenvalue weighted by Crippen LogP contribution is 2.10. The number of rotatable bonds is 5. The quantitative estimate of drug-likeness (QED) is 0.475. The van der Waals surface area contributed by atoms with Crippen LogP contribution in [0.15, 0.2) is 0 Å². The molecule has 0 unspecified atom stereocenters. The van der Waals surface area contributed by atoms with Gasteiger partial charge in [-0.3, -0.25) is 14.0 Å². The molecule has 0 rings (SSSR count). The summed E-state index contributed by atoms with van der Waals surface area (Å²) in [6.45, 7) is -0.565. The summed E-state index contributed by atoms with van der Waals surface area (Å²) in [5.74, 6) is -2.36. The molecule has 0 aliphatic carbocycles. The Kier molecular flexibility index (Phi) is 5.84. The van der Waals surface area contributed by atoms with Gasteiger partial charge in [0.2, 0.25) is 0 Å². The van der Waals surface area contributed by atoms with Gasteiger partial charge in [0.15, 0.2) is 5.92 Å². The number of methoxy groups -OCH3 is 2. The first-order valence-corrected chi connectivity index (χ1v) is 3.89. The second kappa shape index (κ2) is 6.39. The molecule has 0 aromatic rings. The lowest BCUT2D eigenvalue weighted by molar-refractivity contribution is -0.159. The Morgan fingerprint density at radius 3 is 2.00 bits per heavy atom. The van der Waals surface area contributed by atoms with Crippen molar-refractivity contribution in [1.29, 1.82) is 0 Å². The molecule has 76 valence electrons. The highest BCUT2D eigenvalue weighted by Gasteiger charge is 2.27. The topological polar surface area (TPSA) is 52.6 Å². The molecule has 13 heavy (non-hydrogen) atoms. The number of hydrogen-bond acceptors (Lipinski definition) is 4. The molecule has 0 aliphatic heterocycles. The fraction of sp³-hybridized carbons (Fsp3) is 0.750. The first kappa shape index (κ1) is 11.9. The van der Waals surface area contributed by atoms with Crippen LogP contribution in [0, 0.1) is 5.92 Å². The van der Waals surface area contributed by atoms with Crippen LogP contribution < -0.4 is 0 Å². The fourth-order valence-electron chi connectivity index (χ4n) is 0.898. The minimum absolute atomic E-state index is 0.121. The van der Waals surface area contributed by atoms with Gasteiger partial charge in [0.05, 0.1) is 20.9 Å². The molecule has 0 spiro atoms. The maximum atomic E-state index is 11.8. The van der Waals surface area contributed by atoms with Crippen molar-refractivity contribution in [2.75, 3.05) is 20.9 Å². The lowest BCUT2D eigenvalue weighted by atomic mass is 10.0. The molecule has 0 amide bonds. The number of esters is 2. The lowest BCUT2D eigenvalue weighted by Crippen LogP contribution is -2.26. The van der Waals surface area contributed by atoms with E-state index in [4.69, 9.17) is 0 Å². The molecule has 5 heteroatoms. The minimum Gasteiger partial charge on any atom is -0.468 e. The first-order valence-electron chi connectivity index (χ1n) is 3.89. The summed E-state index contributed by atoms with van der Waals surface area (Å²) < 4.78 is 20.5. The Labute approximate surface area is 76.0 Å². The second-order valence-corrected chi connectivity index (χ2v) is 2.43. The van der Waals surface area contributed by atoms with Crippen LogP contribution in [-0.2, 0) is 19.1 Å². The smallest absolute Gasteiger partial charge is 0.320 e. The molecular weight excluding hydrogens is 179 g/mol. The zero-order valence-corrected chi connectivity index (χ0v) is 7.71. The van der Waals surface area contributed by atoms with Gasteiger partial charge in [-0.05, 0) is 12.8 Å². The Bertz CT molecular complexity index is 165. The van der Waals surface area contributed by atoms with Crippen LogP contribution in [-0.4, -0.2) is 32.8 Å². The molecule has 0 aliphatic rings. The maximum absolute atomic E-state index is 11.8. The average molecular weight is 192 g/mol. The molecule has 0 aromatic carbocycles. The van der Waals surface area contributed by atoms with Gasteiger partial charge in [-0.25, -0.2) is 0 Å². The number of halogens is 1. The van der Waals surface area contributed by atoms with Gasteiger partial charge in [-0.2, -0.15) is 0 Å². The van der Waals surface area contributed by atoms with Gasteiger partial charge in [0, 0.05) is 0 Å². The van der Waals surface area contributed by atoms with E-state index in [0.29, 0.717) is 0 Å². The van der Waals surface area contributed by atoms with E-state index >= 15 is 0 Å². The lowest BCUT2D eigenvalue weighted by Gasteiger charge is -2.10. The van der Waals surface area contributed by atoms with Crippen molar-refractivity contribution in [1.82, 2.24) is 0 Å². The zero-order valence-electron chi connectivity index (χ0n) is 7.71. The highest BCUT2D eigenvalue weighted by molar-refractivity contribution is 5.94. The first-order chi connectivity index (χ1) is 6.17. The normalized spacial score (nSPS) is 9.85. The molecule has 0 bridgehead atoms. The predicted octanol–water partition coefficient (Wildman–Crippen LogP) is 0.698. The zero-order chi connectivity index (χ0) is 10.3. The van der Waals surface area contributed by atoms with Crippen LogP contribution >= 0.6 is 0 Å². The van der Waals surface area contributed by atoms with Crippen molar-refractivity contribution in [3.63, 3.8) is 0 Å². The molecule has 0 saturated heterocycles. The molecule has 0 fully saturated rings. The maximum Gasteiger partial charge on any atom is 0.320 e. The fourth-order valence-corrected chi connectivity index (χ4v) is 0.898. The van der Waals surface area contributed by atoms with Crippen LogP contribution in [0.1, 0.15) is 12.8 Å². The molecule has 0 aromatic heterocycles. The molecule has 0 atom stereocenters. The molecular formula is C8H13FO4. The van der Waals surface area contributed by atoms with Gasteiger partial charge >= 0.3 is 11.9 Å². The van der Waals surface area contributed by atoms with Crippen molar-refractivity contribution < 1.29 is 23.5 Å². The third-order valence-corrected chi connectivity index (χ3v) is 1.60. The average Bonchev–Trinajstić information content (AvgIpc) is 2.17. The third kappa shape index (κ3) is 3.87. The van der Waals surface area contributed by atoms with Gasteiger partial charge in [0.1, 0.15) is 0 Å².